The van der Waals surface area contributed by atoms with Crippen molar-refractivity contribution in [2.24, 2.45) is 0 Å². The summed E-state index contributed by atoms with van der Waals surface area (Å²) in [6.07, 6.45) is 0. The third-order valence-electron chi connectivity index (χ3n) is 3.97. The molecule has 9 heteroatoms. The van der Waals surface area contributed by atoms with Gasteiger partial charge in [0.05, 0.1) is 26.2 Å². The van der Waals surface area contributed by atoms with Gasteiger partial charge in [-0.05, 0) is 36.8 Å². The van der Waals surface area contributed by atoms with E-state index < -0.39 is 15.9 Å². The van der Waals surface area contributed by atoms with Crippen LogP contribution in [-0.4, -0.2) is 47.2 Å². The molecule has 0 saturated carbocycles. The van der Waals surface area contributed by atoms with Gasteiger partial charge in [0.2, 0.25) is 0 Å². The van der Waals surface area contributed by atoms with Gasteiger partial charge in [-0.2, -0.15) is 0 Å². The molecule has 0 heterocycles. The van der Waals surface area contributed by atoms with E-state index in [-0.39, 0.29) is 10.5 Å². The molecule has 0 aliphatic rings. The number of benzene rings is 2. The van der Waals surface area contributed by atoms with E-state index in [0.29, 0.717) is 17.2 Å². The lowest BCUT2D eigenvalue weighted by molar-refractivity contribution is -0.0258. The summed E-state index contributed by atoms with van der Waals surface area (Å²) in [6.45, 7) is 1.81. The van der Waals surface area contributed by atoms with Crippen LogP contribution in [-0.2, 0) is 14.9 Å². The number of hydroxylamine groups is 1. The molecule has 0 atom stereocenters. The van der Waals surface area contributed by atoms with Gasteiger partial charge in [-0.15, -0.1) is 0 Å². The van der Waals surface area contributed by atoms with E-state index in [0.717, 1.165) is 10.0 Å². The van der Waals surface area contributed by atoms with Crippen molar-refractivity contribution in [2.45, 2.75) is 11.8 Å². The first kappa shape index (κ1) is 20.7. The van der Waals surface area contributed by atoms with E-state index >= 15 is 0 Å². The topological polar surface area (TPSA) is 94.2 Å². The van der Waals surface area contributed by atoms with Crippen LogP contribution >= 0.6 is 0 Å². The van der Waals surface area contributed by atoms with Gasteiger partial charge in [0.1, 0.15) is 0 Å². The minimum Gasteiger partial charge on any atom is -0.493 e. The lowest BCUT2D eigenvalue weighted by Gasteiger charge is -2.15. The highest BCUT2D eigenvalue weighted by atomic mass is 32.2. The predicted molar refractivity (Wildman–Crippen MR) is 101 cm³/mol. The monoisotopic (exact) mass is 394 g/mol. The van der Waals surface area contributed by atoms with Crippen molar-refractivity contribution in [1.29, 1.82) is 0 Å². The Balaban J connectivity index is 2.34. The largest absolute Gasteiger partial charge is 0.493 e. The summed E-state index contributed by atoms with van der Waals surface area (Å²) in [5, 5.41) is 2.76. The first-order chi connectivity index (χ1) is 12.7. The number of carbonyl (C=O) groups is 1. The summed E-state index contributed by atoms with van der Waals surface area (Å²) in [5.74, 6) is 0.558. The van der Waals surface area contributed by atoms with Crippen LogP contribution < -0.4 is 14.8 Å². The van der Waals surface area contributed by atoms with Gasteiger partial charge < -0.3 is 14.8 Å². The maximum atomic E-state index is 12.6. The fourth-order valence-electron chi connectivity index (χ4n) is 2.35. The molecule has 2 aromatic carbocycles. The smallest absolute Gasteiger partial charge is 0.264 e. The Hall–Kier alpha value is -2.62. The van der Waals surface area contributed by atoms with Crippen molar-refractivity contribution in [3.05, 3.63) is 47.5 Å². The second-order valence-corrected chi connectivity index (χ2v) is 7.54. The summed E-state index contributed by atoms with van der Waals surface area (Å²) in [6, 6.07) is 9.08. The number of methoxy groups -OCH3 is 2. The van der Waals surface area contributed by atoms with Gasteiger partial charge in [-0.1, -0.05) is 10.5 Å². The third-order valence-corrected chi connectivity index (χ3v) is 5.64. The number of carbonyl (C=O) groups excluding carboxylic acids is 1. The summed E-state index contributed by atoms with van der Waals surface area (Å²) < 4.78 is 35.9. The van der Waals surface area contributed by atoms with Crippen LogP contribution in [0, 0.1) is 6.92 Å². The van der Waals surface area contributed by atoms with Gasteiger partial charge in [-0.3, -0.25) is 9.63 Å². The number of hydrogen-bond acceptors (Lipinski definition) is 6. The quantitative estimate of drug-likeness (QED) is 0.725. The van der Waals surface area contributed by atoms with Crippen molar-refractivity contribution in [2.75, 3.05) is 33.7 Å². The van der Waals surface area contributed by atoms with E-state index in [1.54, 1.807) is 12.1 Å². The first-order valence-electron chi connectivity index (χ1n) is 7.91. The molecule has 0 unspecified atom stereocenters. The highest BCUT2D eigenvalue weighted by Crippen LogP contribution is 2.33. The SMILES string of the molecule is COc1cc(C)c(NC(=O)c2cccc(S(=O)(=O)N(C)OC)c2)cc1OC. The molecule has 1 amide bonds. The maximum Gasteiger partial charge on any atom is 0.264 e. The molecule has 0 aliphatic carbocycles. The summed E-state index contributed by atoms with van der Waals surface area (Å²) >= 11 is 0. The van der Waals surface area contributed by atoms with Crippen LogP contribution in [0.5, 0.6) is 11.5 Å². The van der Waals surface area contributed by atoms with E-state index in [1.165, 1.54) is 52.6 Å². The molecule has 0 aromatic heterocycles. The summed E-state index contributed by atoms with van der Waals surface area (Å²) in [5.41, 5.74) is 1.48. The Morgan fingerprint density at radius 3 is 2.26 bits per heavy atom. The zero-order valence-corrected chi connectivity index (χ0v) is 16.6. The van der Waals surface area contributed by atoms with Crippen molar-refractivity contribution < 1.29 is 27.5 Å². The molecule has 27 heavy (non-hydrogen) atoms. The number of nitrogens with zero attached hydrogens (tertiary/aromatic N) is 1. The number of aryl methyl sites for hydroxylation is 1. The summed E-state index contributed by atoms with van der Waals surface area (Å²) in [7, 11) is 1.69. The van der Waals surface area contributed by atoms with Gasteiger partial charge in [0.15, 0.2) is 11.5 Å². The molecule has 0 fully saturated rings. The standard InChI is InChI=1S/C18H22N2O6S/c1-12-9-16(24-3)17(25-4)11-15(12)19-18(21)13-7-6-8-14(10-13)27(22,23)20(2)26-5/h6-11H,1-5H3,(H,19,21). The lowest BCUT2D eigenvalue weighted by Crippen LogP contribution is -2.26. The average molecular weight is 394 g/mol. The summed E-state index contributed by atoms with van der Waals surface area (Å²) in [4.78, 5) is 17.3. The minimum absolute atomic E-state index is 0.0523. The number of sulfonamides is 1. The number of anilines is 1. The second kappa shape index (κ2) is 8.38. The van der Waals surface area contributed by atoms with Crippen molar-refractivity contribution in [3.63, 3.8) is 0 Å². The van der Waals surface area contributed by atoms with E-state index in [1.807, 2.05) is 6.92 Å². The lowest BCUT2D eigenvalue weighted by atomic mass is 10.1. The molecule has 0 bridgehead atoms. The minimum atomic E-state index is -3.85. The van der Waals surface area contributed by atoms with Gasteiger partial charge >= 0.3 is 0 Å². The van der Waals surface area contributed by atoms with Crippen LogP contribution in [0.25, 0.3) is 0 Å². The first-order valence-corrected chi connectivity index (χ1v) is 9.35. The number of hydrogen-bond donors (Lipinski definition) is 1. The molecule has 0 radical (unpaired) electrons. The third kappa shape index (κ3) is 4.38. The highest BCUT2D eigenvalue weighted by Gasteiger charge is 2.22. The van der Waals surface area contributed by atoms with E-state index in [4.69, 9.17) is 14.3 Å². The van der Waals surface area contributed by atoms with Crippen molar-refractivity contribution >= 4 is 21.6 Å². The van der Waals surface area contributed by atoms with Crippen LogP contribution in [0.2, 0.25) is 0 Å². The molecule has 146 valence electrons. The van der Waals surface area contributed by atoms with Crippen LogP contribution in [0.4, 0.5) is 5.69 Å². The zero-order chi connectivity index (χ0) is 20.2. The van der Waals surface area contributed by atoms with Gasteiger partial charge in [0.25, 0.3) is 15.9 Å². The number of rotatable bonds is 7. The van der Waals surface area contributed by atoms with E-state index in [2.05, 4.69) is 5.32 Å². The molecular formula is C18H22N2O6S. The Morgan fingerprint density at radius 1 is 1.04 bits per heavy atom. The zero-order valence-electron chi connectivity index (χ0n) is 15.8. The predicted octanol–water partition coefficient (Wildman–Crippen LogP) is 2.45. The highest BCUT2D eigenvalue weighted by molar-refractivity contribution is 7.89. The van der Waals surface area contributed by atoms with Crippen LogP contribution in [0.15, 0.2) is 41.3 Å². The number of ether oxygens (including phenoxy) is 2. The molecule has 1 N–H and O–H groups in total. The average Bonchev–Trinajstić information content (AvgIpc) is 2.68. The second-order valence-electron chi connectivity index (χ2n) is 5.60. The normalized spacial score (nSPS) is 11.3. The van der Waals surface area contributed by atoms with Gasteiger partial charge in [0, 0.05) is 24.4 Å². The van der Waals surface area contributed by atoms with Crippen molar-refractivity contribution in [3.8, 4) is 11.5 Å². The molecule has 0 saturated heterocycles. The maximum absolute atomic E-state index is 12.6. The van der Waals surface area contributed by atoms with Crippen LogP contribution in [0.1, 0.15) is 15.9 Å². The van der Waals surface area contributed by atoms with Crippen LogP contribution in [0.3, 0.4) is 0 Å². The number of nitrogens with one attached hydrogen (secondary N) is 1. The van der Waals surface area contributed by atoms with Crippen molar-refractivity contribution in [1.82, 2.24) is 4.47 Å². The number of amides is 1. The fourth-order valence-corrected chi connectivity index (χ4v) is 3.37. The van der Waals surface area contributed by atoms with Gasteiger partial charge in [-0.25, -0.2) is 8.42 Å². The molecule has 8 nitrogen and oxygen atoms in total. The Kier molecular flexibility index (Phi) is 6.42. The molecule has 0 aliphatic heterocycles. The molecular weight excluding hydrogens is 372 g/mol. The molecule has 2 aromatic rings. The Bertz CT molecular complexity index is 943. The Labute approximate surface area is 158 Å². The molecule has 2 rings (SSSR count). The molecule has 0 spiro atoms. The fraction of sp³-hybridized carbons (Fsp3) is 0.278. The Morgan fingerprint density at radius 2 is 1.67 bits per heavy atom. The van der Waals surface area contributed by atoms with E-state index in [9.17, 15) is 13.2 Å².